The van der Waals surface area contributed by atoms with Gasteiger partial charge in [-0.05, 0) is 97.0 Å². The number of methoxy groups -OCH3 is 2. The minimum Gasteiger partial charge on any atom is -0.391 e. The Kier molecular flexibility index (Phi) is 19.4. The first-order valence-corrected chi connectivity index (χ1v) is 24.5. The first kappa shape index (κ1) is 57.2. The Morgan fingerprint density at radius 3 is 2.09 bits per heavy atom. The predicted octanol–water partition coefficient (Wildman–Crippen LogP) is 6.61. The fraction of sp³-hybridized carbons (Fsp3) is 0.827. The standard InChI is InChI=1S/C52H88N2O13/c1-19-36-24-40(56)30(4)44(66-41-26-50(12,61-17)46(59)34(8)65-41)32(6)47(67-48-43(57)39(54(15)16)22-29(3)64-48)51(13,62-18)25-28(2)42(31(5)45(58)52(36,14)60)53-63-27-35-20-21-38(49(9,10)11)37(23-35)33(7)55/h20-21,23,28-32,34,36,39,41,43-48,57-60H,19,22,24-27H2,1-18H3/b53-42+/t28-,29-,30+,31+,32+,34+,36+,39+,41+,43-,44-,45-,46+,47-,48+,50-,51-,52-/m1/s1. The summed E-state index contributed by atoms with van der Waals surface area (Å²) in [7, 11) is 6.93. The molecule has 18 atom stereocenters. The number of carbonyl (C=O) groups excluding carboxylic acids is 2. The van der Waals surface area contributed by atoms with E-state index < -0.39 is 95.6 Å². The number of nitrogens with zero attached hydrogens (tertiary/aromatic N) is 2. The van der Waals surface area contributed by atoms with E-state index in [2.05, 4.69) is 20.8 Å². The number of benzene rings is 1. The maximum absolute atomic E-state index is 14.8. The molecular formula is C52H88N2O13. The van der Waals surface area contributed by atoms with Crippen LogP contribution in [0.4, 0.5) is 0 Å². The monoisotopic (exact) mass is 949 g/mol. The number of rotatable bonds is 12. The summed E-state index contributed by atoms with van der Waals surface area (Å²) in [6.45, 7) is 26.1. The van der Waals surface area contributed by atoms with Crippen LogP contribution in [0.25, 0.3) is 0 Å². The molecule has 2 saturated heterocycles. The zero-order valence-electron chi connectivity index (χ0n) is 44.0. The van der Waals surface area contributed by atoms with Gasteiger partial charge in [-0.25, -0.2) is 0 Å². The lowest BCUT2D eigenvalue weighted by Crippen LogP contribution is -2.61. The summed E-state index contributed by atoms with van der Waals surface area (Å²) in [6, 6.07) is 5.41. The SMILES string of the molecule is CC[C@H]1CC(=O)[C@H](C)[C@@H](O[C@H]2C[C@@](C)(OC)[C@@H](O)[C@H](C)O2)[C@H](C)[C@@H](O[C@@H]2O[C@H](C)C[C@H](N(C)C)[C@H]2O)[C@](C)(OC)C[C@@H](C)/C(=N\OCc2ccc(C(C)(C)C)c(C(C)=O)c2)[C@H](C)[C@@H](O)[C@]1(C)O. The molecule has 0 bridgehead atoms. The molecule has 67 heavy (non-hydrogen) atoms. The second-order valence-corrected chi connectivity index (χ2v) is 22.1. The molecule has 384 valence electrons. The van der Waals surface area contributed by atoms with Crippen LogP contribution < -0.4 is 0 Å². The Bertz CT molecular complexity index is 1830. The minimum atomic E-state index is -1.75. The summed E-state index contributed by atoms with van der Waals surface area (Å²) >= 11 is 0. The van der Waals surface area contributed by atoms with Crippen molar-refractivity contribution in [2.24, 2.45) is 34.7 Å². The van der Waals surface area contributed by atoms with Crippen LogP contribution in [-0.2, 0) is 50.1 Å². The highest BCUT2D eigenvalue weighted by Crippen LogP contribution is 2.43. The van der Waals surface area contributed by atoms with Gasteiger partial charge >= 0.3 is 0 Å². The lowest BCUT2D eigenvalue weighted by molar-refractivity contribution is -0.318. The second-order valence-electron chi connectivity index (χ2n) is 22.1. The summed E-state index contributed by atoms with van der Waals surface area (Å²) in [6.07, 6.45) is -6.91. The molecule has 0 amide bonds. The summed E-state index contributed by atoms with van der Waals surface area (Å²) < 4.78 is 39.1. The van der Waals surface area contributed by atoms with Crippen LogP contribution in [0.2, 0.25) is 0 Å². The van der Waals surface area contributed by atoms with Crippen molar-refractivity contribution in [3.63, 3.8) is 0 Å². The topological polar surface area (TPSA) is 195 Å². The van der Waals surface area contributed by atoms with Gasteiger partial charge in [0.2, 0.25) is 0 Å². The maximum Gasteiger partial charge on any atom is 0.185 e. The molecule has 0 aromatic heterocycles. The van der Waals surface area contributed by atoms with Crippen molar-refractivity contribution in [3.8, 4) is 0 Å². The van der Waals surface area contributed by atoms with Crippen LogP contribution >= 0.6 is 0 Å². The van der Waals surface area contributed by atoms with Crippen LogP contribution in [0.5, 0.6) is 0 Å². The molecule has 3 fully saturated rings. The molecular weight excluding hydrogens is 861 g/mol. The maximum atomic E-state index is 14.8. The van der Waals surface area contributed by atoms with E-state index in [0.29, 0.717) is 24.1 Å². The van der Waals surface area contributed by atoms with E-state index in [4.69, 9.17) is 38.4 Å². The van der Waals surface area contributed by atoms with Gasteiger partial charge in [0.15, 0.2) is 18.4 Å². The molecule has 0 spiro atoms. The Morgan fingerprint density at radius 1 is 0.910 bits per heavy atom. The Balaban J connectivity index is 1.91. The fourth-order valence-corrected chi connectivity index (χ4v) is 11.0. The minimum absolute atomic E-state index is 0.0244. The van der Waals surface area contributed by atoms with E-state index in [1.165, 1.54) is 7.11 Å². The van der Waals surface area contributed by atoms with Gasteiger partial charge in [0.05, 0.1) is 53.0 Å². The number of Topliss-reactive ketones (excluding diaryl/α,β-unsaturated/α-hetero) is 2. The van der Waals surface area contributed by atoms with Gasteiger partial charge in [-0.3, -0.25) is 9.59 Å². The van der Waals surface area contributed by atoms with E-state index in [9.17, 15) is 30.0 Å². The number of carbonyl (C=O) groups is 2. The molecule has 15 nitrogen and oxygen atoms in total. The Morgan fingerprint density at radius 2 is 1.54 bits per heavy atom. The smallest absolute Gasteiger partial charge is 0.185 e. The molecule has 2 heterocycles. The molecule has 0 unspecified atom stereocenters. The van der Waals surface area contributed by atoms with E-state index in [-0.39, 0.29) is 55.0 Å². The van der Waals surface area contributed by atoms with Crippen molar-refractivity contribution in [3.05, 3.63) is 34.9 Å². The molecule has 2 aliphatic heterocycles. The molecule has 15 heteroatoms. The zero-order valence-corrected chi connectivity index (χ0v) is 44.0. The number of oxime groups is 1. The number of hydrogen-bond donors (Lipinski definition) is 4. The van der Waals surface area contributed by atoms with E-state index in [1.807, 2.05) is 71.8 Å². The number of aliphatic hydroxyl groups is 4. The number of aliphatic hydroxyl groups excluding tert-OH is 3. The van der Waals surface area contributed by atoms with Gasteiger partial charge in [-0.2, -0.15) is 0 Å². The third kappa shape index (κ3) is 12.9. The van der Waals surface area contributed by atoms with Gasteiger partial charge in [-0.1, -0.05) is 79.1 Å². The quantitative estimate of drug-likeness (QED) is 0.129. The van der Waals surface area contributed by atoms with Crippen molar-refractivity contribution in [1.82, 2.24) is 4.90 Å². The summed E-state index contributed by atoms with van der Waals surface area (Å²) in [5.41, 5.74) is -1.54. The van der Waals surface area contributed by atoms with Gasteiger partial charge in [-0.15, -0.1) is 0 Å². The first-order chi connectivity index (χ1) is 31.0. The van der Waals surface area contributed by atoms with Crippen LogP contribution in [0.3, 0.4) is 0 Å². The Labute approximate surface area is 401 Å². The van der Waals surface area contributed by atoms with E-state index in [0.717, 1.165) is 11.1 Å². The second kappa shape index (κ2) is 22.8. The van der Waals surface area contributed by atoms with Gasteiger partial charge in [0.25, 0.3) is 0 Å². The molecule has 3 aliphatic rings. The third-order valence-electron chi connectivity index (χ3n) is 15.6. The third-order valence-corrected chi connectivity index (χ3v) is 15.6. The molecule has 1 aromatic rings. The lowest BCUT2D eigenvalue weighted by atomic mass is 9.69. The van der Waals surface area contributed by atoms with E-state index in [1.54, 1.807) is 48.7 Å². The number of hydrogen-bond acceptors (Lipinski definition) is 15. The molecule has 1 saturated carbocycles. The first-order valence-electron chi connectivity index (χ1n) is 24.5. The van der Waals surface area contributed by atoms with Crippen LogP contribution in [-0.4, -0.2) is 149 Å². The van der Waals surface area contributed by atoms with E-state index >= 15 is 0 Å². The number of ether oxygens (including phenoxy) is 6. The number of likely N-dealkylation sites (N-methyl/N-ethyl adjacent to an activating group) is 1. The van der Waals surface area contributed by atoms with Crippen molar-refractivity contribution in [2.45, 2.75) is 219 Å². The summed E-state index contributed by atoms with van der Waals surface area (Å²) in [5.74, 6) is -3.67. The van der Waals surface area contributed by atoms with Crippen LogP contribution in [0.15, 0.2) is 23.4 Å². The molecule has 4 N–H and O–H groups in total. The number of ketones is 2. The predicted molar refractivity (Wildman–Crippen MR) is 257 cm³/mol. The highest BCUT2D eigenvalue weighted by atomic mass is 16.7. The van der Waals surface area contributed by atoms with Crippen LogP contribution in [0, 0.1) is 29.6 Å². The normalized spacial score (nSPS) is 41.6. The van der Waals surface area contributed by atoms with Gasteiger partial charge in [0, 0.05) is 62.3 Å². The van der Waals surface area contributed by atoms with Crippen molar-refractivity contribution >= 4 is 17.3 Å². The van der Waals surface area contributed by atoms with Crippen LogP contribution in [0.1, 0.15) is 151 Å². The highest BCUT2D eigenvalue weighted by molar-refractivity contribution is 5.96. The fourth-order valence-electron chi connectivity index (χ4n) is 11.0. The Hall–Kier alpha value is -2.41. The molecule has 0 radical (unpaired) electrons. The van der Waals surface area contributed by atoms with Crippen molar-refractivity contribution in [1.29, 1.82) is 0 Å². The van der Waals surface area contributed by atoms with Crippen molar-refractivity contribution in [2.75, 3.05) is 28.3 Å². The molecule has 1 aromatic carbocycles. The lowest BCUT2D eigenvalue weighted by Gasteiger charge is -2.50. The molecule has 4 rings (SSSR count). The highest BCUT2D eigenvalue weighted by Gasteiger charge is 2.53. The van der Waals surface area contributed by atoms with Gasteiger partial charge < -0.3 is 58.6 Å². The largest absolute Gasteiger partial charge is 0.391 e. The average molecular weight is 949 g/mol. The summed E-state index contributed by atoms with van der Waals surface area (Å²) in [4.78, 5) is 35.7. The zero-order chi connectivity index (χ0) is 50.7. The average Bonchev–Trinajstić information content (AvgIpc) is 3.25. The molecule has 1 aliphatic carbocycles. The summed E-state index contributed by atoms with van der Waals surface area (Å²) in [5, 5.41) is 52.4. The van der Waals surface area contributed by atoms with Crippen molar-refractivity contribution < 1.29 is 63.3 Å². The van der Waals surface area contributed by atoms with Gasteiger partial charge in [0.1, 0.15) is 24.6 Å².